The van der Waals surface area contributed by atoms with Gasteiger partial charge in [-0.3, -0.25) is 4.40 Å². The van der Waals surface area contributed by atoms with Gasteiger partial charge in [-0.2, -0.15) is 0 Å². The van der Waals surface area contributed by atoms with Crippen LogP contribution in [0.15, 0.2) is 46.9 Å². The monoisotopic (exact) mass is 493 g/mol. The van der Waals surface area contributed by atoms with E-state index in [1.165, 1.54) is 41.3 Å². The molecule has 0 saturated heterocycles. The summed E-state index contributed by atoms with van der Waals surface area (Å²) in [6, 6.07) is 8.66. The Bertz CT molecular complexity index is 1270. The van der Waals surface area contributed by atoms with E-state index in [2.05, 4.69) is 10.2 Å². The molecule has 4 rings (SSSR count). The number of esters is 1. The van der Waals surface area contributed by atoms with Crippen molar-refractivity contribution in [3.05, 3.63) is 69.6 Å². The Morgan fingerprint density at radius 3 is 2.56 bits per heavy atom. The molecule has 0 amide bonds. The number of carbonyl (C=O) groups is 1. The first-order valence-electron chi connectivity index (χ1n) is 9.55. The molecule has 0 fully saturated rings. The Hall–Kier alpha value is -2.49. The lowest BCUT2D eigenvalue weighted by atomic mass is 10.1. The second-order valence-electron chi connectivity index (χ2n) is 7.94. The van der Waals surface area contributed by atoms with E-state index in [1.807, 2.05) is 9.78 Å². The normalized spacial score (nSPS) is 11.8. The topological polar surface area (TPSA) is 56.5 Å². The molecule has 0 radical (unpaired) electrons. The molecule has 0 N–H and O–H groups in total. The average molecular weight is 494 g/mol. The van der Waals surface area contributed by atoms with E-state index in [0.29, 0.717) is 10.1 Å². The maximum Gasteiger partial charge on any atom is 0.338 e. The van der Waals surface area contributed by atoms with Crippen LogP contribution in [0.5, 0.6) is 0 Å². The molecule has 0 aliphatic heterocycles. The van der Waals surface area contributed by atoms with Crippen molar-refractivity contribution in [1.29, 1.82) is 0 Å². The van der Waals surface area contributed by atoms with Crippen LogP contribution < -0.4 is 0 Å². The zero-order chi connectivity index (χ0) is 23.0. The van der Waals surface area contributed by atoms with E-state index in [4.69, 9.17) is 16.3 Å². The van der Waals surface area contributed by atoms with Crippen LogP contribution in [0.4, 0.5) is 8.78 Å². The summed E-state index contributed by atoms with van der Waals surface area (Å²) in [7, 11) is 0. The Balaban J connectivity index is 1.58. The van der Waals surface area contributed by atoms with Gasteiger partial charge in [0.2, 0.25) is 4.96 Å². The van der Waals surface area contributed by atoms with Crippen LogP contribution in [0.1, 0.15) is 36.7 Å². The molecule has 0 aliphatic carbocycles. The van der Waals surface area contributed by atoms with E-state index in [0.717, 1.165) is 17.3 Å². The van der Waals surface area contributed by atoms with Crippen molar-refractivity contribution in [3.63, 3.8) is 0 Å². The quantitative estimate of drug-likeness (QED) is 0.230. The van der Waals surface area contributed by atoms with Crippen LogP contribution in [-0.4, -0.2) is 26.2 Å². The zero-order valence-electron chi connectivity index (χ0n) is 17.4. The highest BCUT2D eigenvalue weighted by Crippen LogP contribution is 2.33. The predicted molar refractivity (Wildman–Crippen MR) is 122 cm³/mol. The Labute approximate surface area is 196 Å². The van der Waals surface area contributed by atoms with Gasteiger partial charge >= 0.3 is 5.97 Å². The van der Waals surface area contributed by atoms with Gasteiger partial charge in [-0.1, -0.05) is 23.4 Å². The molecule has 0 unspecified atom stereocenters. The Morgan fingerprint density at radius 2 is 1.91 bits per heavy atom. The van der Waals surface area contributed by atoms with E-state index < -0.39 is 17.4 Å². The summed E-state index contributed by atoms with van der Waals surface area (Å²) in [5.41, 5.74) is 1.22. The van der Waals surface area contributed by atoms with Crippen LogP contribution in [0, 0.1) is 11.6 Å². The first kappa shape index (κ1) is 22.7. The lowest BCUT2D eigenvalue weighted by Gasteiger charge is -2.19. The van der Waals surface area contributed by atoms with Gasteiger partial charge < -0.3 is 4.74 Å². The van der Waals surface area contributed by atoms with E-state index in [9.17, 15) is 13.6 Å². The Kier molecular flexibility index (Phi) is 6.24. The molecule has 0 saturated carbocycles. The van der Waals surface area contributed by atoms with Crippen molar-refractivity contribution in [2.75, 3.05) is 0 Å². The fourth-order valence-electron chi connectivity index (χ4n) is 2.94. The molecule has 0 aliphatic rings. The third-order valence-electron chi connectivity index (χ3n) is 4.38. The molecule has 2 aromatic heterocycles. The number of ether oxygens (including phenoxy) is 1. The third-order valence-corrected chi connectivity index (χ3v) is 6.49. The minimum atomic E-state index is -0.698. The molecule has 166 valence electrons. The summed E-state index contributed by atoms with van der Waals surface area (Å²) in [6.45, 7) is 5.20. The molecular formula is C22H18ClF2N3O2S2. The number of fused-ring (bicyclic) bond motifs is 1. The summed E-state index contributed by atoms with van der Waals surface area (Å²) in [6.07, 6.45) is 0. The third kappa shape index (κ3) is 4.79. The molecule has 0 spiro atoms. The maximum atomic E-state index is 14.8. The summed E-state index contributed by atoms with van der Waals surface area (Å²) < 4.78 is 35.2. The number of hydrogen-bond donors (Lipinski definition) is 0. The number of rotatable bonds is 5. The van der Waals surface area contributed by atoms with Crippen molar-refractivity contribution < 1.29 is 18.3 Å². The molecule has 0 bridgehead atoms. The summed E-state index contributed by atoms with van der Waals surface area (Å²) in [5.74, 6) is -1.38. The fourth-order valence-corrected chi connectivity index (χ4v) is 5.17. The smallest absolute Gasteiger partial charge is 0.338 e. The number of benzene rings is 2. The summed E-state index contributed by atoms with van der Waals surface area (Å²) in [5, 5.41) is 10.9. The van der Waals surface area contributed by atoms with Crippen LogP contribution in [-0.2, 0) is 10.5 Å². The highest BCUT2D eigenvalue weighted by Gasteiger charge is 2.21. The zero-order valence-corrected chi connectivity index (χ0v) is 19.7. The SMILES string of the molecule is CC(C)(C)OC(=O)c1cc(F)c(CSc2nnc3scc(-c4ccc(F)cc4)n23)c(Cl)c1. The van der Waals surface area contributed by atoms with Gasteiger partial charge in [0.15, 0.2) is 5.16 Å². The lowest BCUT2D eigenvalue weighted by Crippen LogP contribution is -2.24. The number of hydrogen-bond acceptors (Lipinski definition) is 6. The van der Waals surface area contributed by atoms with Crippen LogP contribution >= 0.6 is 34.7 Å². The Morgan fingerprint density at radius 1 is 1.19 bits per heavy atom. The highest BCUT2D eigenvalue weighted by atomic mass is 35.5. The number of nitrogens with zero attached hydrogens (tertiary/aromatic N) is 3. The van der Waals surface area contributed by atoms with Gasteiger partial charge in [0, 0.05) is 21.7 Å². The maximum absolute atomic E-state index is 14.8. The molecule has 32 heavy (non-hydrogen) atoms. The largest absolute Gasteiger partial charge is 0.456 e. The number of halogens is 3. The van der Waals surface area contributed by atoms with Crippen molar-refractivity contribution in [2.45, 2.75) is 37.3 Å². The number of thioether (sulfide) groups is 1. The van der Waals surface area contributed by atoms with Crippen LogP contribution in [0.25, 0.3) is 16.2 Å². The summed E-state index contributed by atoms with van der Waals surface area (Å²) in [4.78, 5) is 12.9. The summed E-state index contributed by atoms with van der Waals surface area (Å²) >= 11 is 8.95. The van der Waals surface area contributed by atoms with Crippen molar-refractivity contribution in [3.8, 4) is 11.3 Å². The molecular weight excluding hydrogens is 476 g/mol. The van der Waals surface area contributed by atoms with Gasteiger partial charge in [-0.25, -0.2) is 13.6 Å². The van der Waals surface area contributed by atoms with Gasteiger partial charge in [0.25, 0.3) is 0 Å². The number of aromatic nitrogens is 3. The van der Waals surface area contributed by atoms with Gasteiger partial charge in [0.1, 0.15) is 17.2 Å². The molecule has 2 heterocycles. The molecule has 4 aromatic rings. The molecule has 2 aromatic carbocycles. The highest BCUT2D eigenvalue weighted by molar-refractivity contribution is 7.98. The van der Waals surface area contributed by atoms with Gasteiger partial charge in [0.05, 0.1) is 11.3 Å². The minimum absolute atomic E-state index is 0.0532. The van der Waals surface area contributed by atoms with Crippen molar-refractivity contribution >= 4 is 45.6 Å². The van der Waals surface area contributed by atoms with Gasteiger partial charge in [-0.05, 0) is 62.7 Å². The van der Waals surface area contributed by atoms with Crippen molar-refractivity contribution in [2.24, 2.45) is 0 Å². The fraction of sp³-hybridized carbons (Fsp3) is 0.227. The average Bonchev–Trinajstić information content (AvgIpc) is 3.29. The van der Waals surface area contributed by atoms with Crippen molar-refractivity contribution in [1.82, 2.24) is 14.6 Å². The second kappa shape index (κ2) is 8.80. The molecule has 10 heteroatoms. The first-order chi connectivity index (χ1) is 15.1. The number of carbonyl (C=O) groups excluding carboxylic acids is 1. The van der Waals surface area contributed by atoms with Crippen LogP contribution in [0.3, 0.4) is 0 Å². The lowest BCUT2D eigenvalue weighted by molar-refractivity contribution is 0.00690. The number of thiazole rings is 1. The molecule has 5 nitrogen and oxygen atoms in total. The molecule has 0 atom stereocenters. The van der Waals surface area contributed by atoms with E-state index in [-0.39, 0.29) is 27.7 Å². The minimum Gasteiger partial charge on any atom is -0.456 e. The van der Waals surface area contributed by atoms with E-state index >= 15 is 0 Å². The predicted octanol–water partition coefficient (Wildman–Crippen LogP) is 6.64. The van der Waals surface area contributed by atoms with Crippen LogP contribution in [0.2, 0.25) is 5.02 Å². The second-order valence-corrected chi connectivity index (χ2v) is 10.1. The van der Waals surface area contributed by atoms with Gasteiger partial charge in [-0.15, -0.1) is 21.5 Å². The van der Waals surface area contributed by atoms with E-state index in [1.54, 1.807) is 32.9 Å². The standard InChI is InChI=1S/C22H18ClF2N3O2S2/c1-22(2,3)30-19(29)13-8-16(23)15(17(25)9-13)10-31-20-26-27-21-28(20)18(11-32-21)12-4-6-14(24)7-5-12/h4-9,11H,10H2,1-3H3. The first-order valence-corrected chi connectivity index (χ1v) is 11.8.